The van der Waals surface area contributed by atoms with Gasteiger partial charge in [-0.1, -0.05) is 24.6 Å². The van der Waals surface area contributed by atoms with E-state index in [-0.39, 0.29) is 0 Å². The molecule has 0 radical (unpaired) electrons. The summed E-state index contributed by atoms with van der Waals surface area (Å²) in [6.45, 7) is 6.10. The number of hydrogen-bond acceptors (Lipinski definition) is 4. The molecule has 18 heavy (non-hydrogen) atoms. The van der Waals surface area contributed by atoms with E-state index in [1.807, 2.05) is 11.6 Å². The molecule has 0 aliphatic rings. The summed E-state index contributed by atoms with van der Waals surface area (Å²) in [5, 5.41) is 12.3. The van der Waals surface area contributed by atoms with Crippen molar-refractivity contribution in [3.63, 3.8) is 0 Å². The molecule has 1 aromatic carbocycles. The van der Waals surface area contributed by atoms with Gasteiger partial charge < -0.3 is 9.88 Å². The van der Waals surface area contributed by atoms with E-state index in [2.05, 4.69) is 47.6 Å². The van der Waals surface area contributed by atoms with Crippen molar-refractivity contribution in [2.24, 2.45) is 7.05 Å². The Labute approximate surface area is 112 Å². The largest absolute Gasteiger partial charge is 0.313 e. The third kappa shape index (κ3) is 3.11. The van der Waals surface area contributed by atoms with E-state index in [0.29, 0.717) is 0 Å². The van der Waals surface area contributed by atoms with Crippen LogP contribution in [0.5, 0.6) is 0 Å². The second-order valence-electron chi connectivity index (χ2n) is 4.22. The number of rotatable bonds is 5. The zero-order chi connectivity index (χ0) is 13.0. The maximum Gasteiger partial charge on any atom is 0.195 e. The first kappa shape index (κ1) is 13.1. The Bertz CT molecular complexity index is 521. The minimum atomic E-state index is 0.887. The van der Waals surface area contributed by atoms with Crippen molar-refractivity contribution >= 4 is 11.8 Å². The average molecular weight is 262 g/mol. The Balaban J connectivity index is 2.23. The Morgan fingerprint density at radius 1 is 1.39 bits per heavy atom. The van der Waals surface area contributed by atoms with Crippen LogP contribution in [0.25, 0.3) is 0 Å². The zero-order valence-corrected chi connectivity index (χ0v) is 11.8. The van der Waals surface area contributed by atoms with Crippen LogP contribution in [-0.4, -0.2) is 21.3 Å². The van der Waals surface area contributed by atoms with E-state index in [1.165, 1.54) is 16.0 Å². The summed E-state index contributed by atoms with van der Waals surface area (Å²) < 4.78 is 1.93. The van der Waals surface area contributed by atoms with E-state index in [1.54, 1.807) is 18.1 Å². The van der Waals surface area contributed by atoms with E-state index in [9.17, 15) is 0 Å². The van der Waals surface area contributed by atoms with Crippen LogP contribution in [0.1, 0.15) is 18.1 Å². The summed E-state index contributed by atoms with van der Waals surface area (Å²) in [5.41, 5.74) is 2.59. The highest BCUT2D eigenvalue weighted by atomic mass is 32.2. The van der Waals surface area contributed by atoms with Gasteiger partial charge in [0.2, 0.25) is 0 Å². The van der Waals surface area contributed by atoms with Crippen LogP contribution >= 0.6 is 11.8 Å². The molecule has 2 aromatic rings. The molecule has 0 aliphatic heterocycles. The predicted molar refractivity (Wildman–Crippen MR) is 73.7 cm³/mol. The van der Waals surface area contributed by atoms with Crippen LogP contribution in [0, 0.1) is 6.92 Å². The van der Waals surface area contributed by atoms with Gasteiger partial charge in [-0.2, -0.15) is 0 Å². The number of nitrogens with one attached hydrogen (secondary N) is 1. The van der Waals surface area contributed by atoms with Gasteiger partial charge >= 0.3 is 0 Å². The van der Waals surface area contributed by atoms with Crippen molar-refractivity contribution in [2.45, 2.75) is 30.4 Å². The van der Waals surface area contributed by atoms with Gasteiger partial charge in [0, 0.05) is 18.5 Å². The van der Waals surface area contributed by atoms with Gasteiger partial charge in [0.15, 0.2) is 5.16 Å². The van der Waals surface area contributed by atoms with E-state index in [0.717, 1.165) is 18.2 Å². The van der Waals surface area contributed by atoms with Crippen LogP contribution in [0.2, 0.25) is 0 Å². The number of benzene rings is 1. The van der Waals surface area contributed by atoms with E-state index in [4.69, 9.17) is 0 Å². The minimum Gasteiger partial charge on any atom is -0.313 e. The molecule has 0 bridgehead atoms. The molecule has 0 amide bonds. The van der Waals surface area contributed by atoms with Gasteiger partial charge in [0.1, 0.15) is 6.33 Å². The number of hydrogen-bond donors (Lipinski definition) is 1. The molecule has 4 nitrogen and oxygen atoms in total. The molecule has 0 saturated heterocycles. The normalized spacial score (nSPS) is 10.8. The highest BCUT2D eigenvalue weighted by Crippen LogP contribution is 2.29. The summed E-state index contributed by atoms with van der Waals surface area (Å²) in [6.07, 6.45) is 1.72. The molecule has 0 unspecified atom stereocenters. The van der Waals surface area contributed by atoms with Gasteiger partial charge in [-0.25, -0.2) is 0 Å². The first-order chi connectivity index (χ1) is 8.70. The molecule has 5 heteroatoms. The fraction of sp³-hybridized carbons (Fsp3) is 0.385. The minimum absolute atomic E-state index is 0.887. The maximum atomic E-state index is 4.11. The van der Waals surface area contributed by atoms with Crippen LogP contribution in [0.4, 0.5) is 0 Å². The lowest BCUT2D eigenvalue weighted by atomic mass is 10.1. The highest BCUT2D eigenvalue weighted by Gasteiger charge is 2.08. The van der Waals surface area contributed by atoms with Crippen LogP contribution in [-0.2, 0) is 13.6 Å². The van der Waals surface area contributed by atoms with E-state index < -0.39 is 0 Å². The van der Waals surface area contributed by atoms with Crippen LogP contribution in [0.15, 0.2) is 34.6 Å². The van der Waals surface area contributed by atoms with Gasteiger partial charge in [-0.15, -0.1) is 10.2 Å². The van der Waals surface area contributed by atoms with Crippen LogP contribution in [0.3, 0.4) is 0 Å². The summed E-state index contributed by atoms with van der Waals surface area (Å²) in [5.74, 6) is 0. The van der Waals surface area contributed by atoms with Crippen molar-refractivity contribution in [1.29, 1.82) is 0 Å². The van der Waals surface area contributed by atoms with Gasteiger partial charge in [0.05, 0.1) is 0 Å². The van der Waals surface area contributed by atoms with Gasteiger partial charge in [-0.3, -0.25) is 0 Å². The smallest absolute Gasteiger partial charge is 0.195 e. The monoisotopic (exact) mass is 262 g/mol. The molecular formula is C13H18N4S. The molecule has 96 valence electrons. The van der Waals surface area contributed by atoms with Gasteiger partial charge in [0.25, 0.3) is 0 Å². The molecular weight excluding hydrogens is 244 g/mol. The van der Waals surface area contributed by atoms with E-state index >= 15 is 0 Å². The molecule has 0 fully saturated rings. The molecule has 0 saturated carbocycles. The Kier molecular flexibility index (Phi) is 4.38. The van der Waals surface area contributed by atoms with Crippen molar-refractivity contribution in [3.8, 4) is 0 Å². The van der Waals surface area contributed by atoms with Crippen molar-refractivity contribution in [3.05, 3.63) is 35.7 Å². The topological polar surface area (TPSA) is 42.7 Å². The van der Waals surface area contributed by atoms with Crippen molar-refractivity contribution in [2.75, 3.05) is 6.54 Å². The quantitative estimate of drug-likeness (QED) is 0.898. The molecule has 2 rings (SSSR count). The Morgan fingerprint density at radius 2 is 2.22 bits per heavy atom. The molecule has 0 spiro atoms. The Morgan fingerprint density at radius 3 is 2.89 bits per heavy atom. The lowest BCUT2D eigenvalue weighted by Gasteiger charge is -2.10. The average Bonchev–Trinajstić information content (AvgIpc) is 2.75. The fourth-order valence-corrected chi connectivity index (χ4v) is 2.54. The SMILES string of the molecule is CCNCc1cc(C)ccc1Sc1nncn1C. The molecule has 0 atom stereocenters. The lowest BCUT2D eigenvalue weighted by Crippen LogP contribution is -2.12. The summed E-state index contributed by atoms with van der Waals surface area (Å²) in [4.78, 5) is 1.23. The molecule has 1 aromatic heterocycles. The number of aromatic nitrogens is 3. The third-order valence-electron chi connectivity index (χ3n) is 2.65. The van der Waals surface area contributed by atoms with Crippen molar-refractivity contribution < 1.29 is 0 Å². The molecule has 1 heterocycles. The lowest BCUT2D eigenvalue weighted by molar-refractivity contribution is 0.716. The Hall–Kier alpha value is -1.33. The molecule has 1 N–H and O–H groups in total. The summed E-state index contributed by atoms with van der Waals surface area (Å²) in [7, 11) is 1.96. The van der Waals surface area contributed by atoms with Gasteiger partial charge in [-0.05, 0) is 36.9 Å². The molecule has 0 aliphatic carbocycles. The number of nitrogens with zero attached hydrogens (tertiary/aromatic N) is 3. The fourth-order valence-electron chi connectivity index (χ4n) is 1.67. The predicted octanol–water partition coefficient (Wildman–Crippen LogP) is 2.38. The first-order valence-electron chi connectivity index (χ1n) is 6.02. The summed E-state index contributed by atoms with van der Waals surface area (Å²) >= 11 is 1.66. The first-order valence-corrected chi connectivity index (χ1v) is 6.84. The standard InChI is InChI=1S/C13H18N4S/c1-4-14-8-11-7-10(2)5-6-12(11)18-13-16-15-9-17(13)3/h5-7,9,14H,4,8H2,1-3H3. The number of aryl methyl sites for hydroxylation is 2. The van der Waals surface area contributed by atoms with Crippen LogP contribution < -0.4 is 5.32 Å². The zero-order valence-electron chi connectivity index (χ0n) is 11.0. The highest BCUT2D eigenvalue weighted by molar-refractivity contribution is 7.99. The third-order valence-corrected chi connectivity index (χ3v) is 3.82. The maximum absolute atomic E-state index is 4.11. The second-order valence-corrected chi connectivity index (χ2v) is 5.23. The van der Waals surface area contributed by atoms with Crippen molar-refractivity contribution in [1.82, 2.24) is 20.1 Å². The summed E-state index contributed by atoms with van der Waals surface area (Å²) in [6, 6.07) is 6.51. The second kappa shape index (κ2) is 6.02.